The average molecular weight is 285 g/mol. The van der Waals surface area contributed by atoms with E-state index in [-0.39, 0.29) is 18.9 Å². The van der Waals surface area contributed by atoms with Crippen molar-refractivity contribution in [3.05, 3.63) is 29.3 Å². The largest absolute Gasteiger partial charge is 0.391 e. The van der Waals surface area contributed by atoms with E-state index in [2.05, 4.69) is 18.3 Å². The predicted molar refractivity (Wildman–Crippen MR) is 76.0 cm³/mol. The molecule has 0 radical (unpaired) electrons. The topological polar surface area (TPSA) is 12.0 Å². The lowest BCUT2D eigenvalue weighted by atomic mass is 9.85. The number of halogens is 3. The van der Waals surface area contributed by atoms with E-state index < -0.39 is 12.1 Å². The third-order valence-corrected chi connectivity index (χ3v) is 4.28. The summed E-state index contributed by atoms with van der Waals surface area (Å²) in [7, 11) is 0. The zero-order valence-corrected chi connectivity index (χ0v) is 12.1. The van der Waals surface area contributed by atoms with Gasteiger partial charge in [0.1, 0.15) is 0 Å². The first-order valence-electron chi connectivity index (χ1n) is 7.33. The molecule has 1 aromatic carbocycles. The van der Waals surface area contributed by atoms with E-state index in [0.29, 0.717) is 12.8 Å². The standard InChI is InChI=1S/C16H22F3N/c1-3-12-6-4-5-11(2)15(12)20-14-9-7-13(8-10-14)16(17,18)19/h4-6,13-14,20H,3,7-10H2,1-2H3. The van der Waals surface area contributed by atoms with Crippen LogP contribution in [0.3, 0.4) is 0 Å². The summed E-state index contributed by atoms with van der Waals surface area (Å²) in [5.74, 6) is -1.11. The second kappa shape index (κ2) is 6.06. The van der Waals surface area contributed by atoms with Crippen LogP contribution in [0, 0.1) is 12.8 Å². The monoisotopic (exact) mass is 285 g/mol. The molecule has 0 spiro atoms. The molecule has 1 aromatic rings. The highest BCUT2D eigenvalue weighted by Gasteiger charge is 2.41. The number of para-hydroxylation sites is 1. The van der Waals surface area contributed by atoms with Crippen molar-refractivity contribution in [1.82, 2.24) is 0 Å². The molecule has 0 saturated heterocycles. The molecular weight excluding hydrogens is 263 g/mol. The molecule has 1 nitrogen and oxygen atoms in total. The van der Waals surface area contributed by atoms with E-state index in [1.54, 1.807) is 0 Å². The maximum absolute atomic E-state index is 12.7. The number of hydrogen-bond donors (Lipinski definition) is 1. The minimum Gasteiger partial charge on any atom is -0.382 e. The molecule has 1 N–H and O–H groups in total. The highest BCUT2D eigenvalue weighted by atomic mass is 19.4. The van der Waals surface area contributed by atoms with Gasteiger partial charge in [0.05, 0.1) is 5.92 Å². The fourth-order valence-corrected chi connectivity index (χ4v) is 3.00. The lowest BCUT2D eigenvalue weighted by Gasteiger charge is -2.31. The van der Waals surface area contributed by atoms with Crippen LogP contribution in [0.5, 0.6) is 0 Å². The first kappa shape index (κ1) is 15.2. The molecule has 20 heavy (non-hydrogen) atoms. The number of nitrogens with one attached hydrogen (secondary N) is 1. The van der Waals surface area contributed by atoms with Crippen molar-refractivity contribution in [2.45, 2.75) is 58.2 Å². The Hall–Kier alpha value is -1.19. The number of anilines is 1. The summed E-state index contributed by atoms with van der Waals surface area (Å²) in [5, 5.41) is 3.47. The Labute approximate surface area is 118 Å². The molecule has 0 aromatic heterocycles. The second-order valence-corrected chi connectivity index (χ2v) is 5.70. The van der Waals surface area contributed by atoms with Crippen molar-refractivity contribution in [3.8, 4) is 0 Å². The van der Waals surface area contributed by atoms with Crippen LogP contribution < -0.4 is 5.32 Å². The van der Waals surface area contributed by atoms with Crippen LogP contribution >= 0.6 is 0 Å². The number of benzene rings is 1. The molecule has 4 heteroatoms. The minimum atomic E-state index is -4.03. The van der Waals surface area contributed by atoms with Gasteiger partial charge in [-0.25, -0.2) is 0 Å². The second-order valence-electron chi connectivity index (χ2n) is 5.70. The highest BCUT2D eigenvalue weighted by Crippen LogP contribution is 2.38. The summed E-state index contributed by atoms with van der Waals surface area (Å²) in [5.41, 5.74) is 3.52. The maximum Gasteiger partial charge on any atom is 0.391 e. The molecule has 1 fully saturated rings. The zero-order chi connectivity index (χ0) is 14.8. The van der Waals surface area contributed by atoms with Crippen LogP contribution in [0.2, 0.25) is 0 Å². The first-order chi connectivity index (χ1) is 9.41. The van der Waals surface area contributed by atoms with Gasteiger partial charge in [-0.3, -0.25) is 0 Å². The van der Waals surface area contributed by atoms with E-state index in [9.17, 15) is 13.2 Å². The molecule has 0 unspecified atom stereocenters. The number of alkyl halides is 3. The molecule has 0 heterocycles. The van der Waals surface area contributed by atoms with Crippen molar-refractivity contribution in [2.75, 3.05) is 5.32 Å². The Morgan fingerprint density at radius 3 is 2.35 bits per heavy atom. The molecule has 0 atom stereocenters. The van der Waals surface area contributed by atoms with Crippen molar-refractivity contribution in [1.29, 1.82) is 0 Å². The van der Waals surface area contributed by atoms with Crippen LogP contribution in [0.15, 0.2) is 18.2 Å². The molecule has 1 aliphatic rings. The van der Waals surface area contributed by atoms with E-state index in [4.69, 9.17) is 0 Å². The number of rotatable bonds is 3. The summed E-state index contributed by atoms with van der Waals surface area (Å²) in [6.45, 7) is 4.14. The van der Waals surface area contributed by atoms with Crippen LogP contribution in [0.4, 0.5) is 18.9 Å². The molecule has 1 aliphatic carbocycles. The van der Waals surface area contributed by atoms with Crippen LogP contribution in [-0.2, 0) is 6.42 Å². The van der Waals surface area contributed by atoms with Crippen LogP contribution in [0.1, 0.15) is 43.7 Å². The summed E-state index contributed by atoms with van der Waals surface area (Å²) in [4.78, 5) is 0. The lowest BCUT2D eigenvalue weighted by Crippen LogP contribution is -2.33. The van der Waals surface area contributed by atoms with E-state index >= 15 is 0 Å². The van der Waals surface area contributed by atoms with Crippen LogP contribution in [0.25, 0.3) is 0 Å². The number of hydrogen-bond acceptors (Lipinski definition) is 1. The Morgan fingerprint density at radius 2 is 1.80 bits per heavy atom. The highest BCUT2D eigenvalue weighted by molar-refractivity contribution is 5.57. The Balaban J connectivity index is 2.00. The third kappa shape index (κ3) is 3.47. The van der Waals surface area contributed by atoms with Crippen molar-refractivity contribution >= 4 is 5.69 Å². The fraction of sp³-hybridized carbons (Fsp3) is 0.625. The summed E-state index contributed by atoms with van der Waals surface area (Å²) in [6.07, 6.45) is -1.41. The fourth-order valence-electron chi connectivity index (χ4n) is 3.00. The number of aryl methyl sites for hydroxylation is 2. The molecular formula is C16H22F3N. The maximum atomic E-state index is 12.7. The van der Waals surface area contributed by atoms with Gasteiger partial charge in [-0.1, -0.05) is 25.1 Å². The molecule has 1 saturated carbocycles. The van der Waals surface area contributed by atoms with Crippen molar-refractivity contribution in [3.63, 3.8) is 0 Å². The SMILES string of the molecule is CCc1cccc(C)c1NC1CCC(C(F)(F)F)CC1. The zero-order valence-electron chi connectivity index (χ0n) is 12.1. The van der Waals surface area contributed by atoms with Gasteiger partial charge in [0.25, 0.3) is 0 Å². The van der Waals surface area contributed by atoms with Crippen LogP contribution in [-0.4, -0.2) is 12.2 Å². The Kier molecular flexibility index (Phi) is 4.61. The normalized spacial score (nSPS) is 23.6. The van der Waals surface area contributed by atoms with Crippen molar-refractivity contribution in [2.24, 2.45) is 5.92 Å². The van der Waals surface area contributed by atoms with E-state index in [1.165, 1.54) is 11.1 Å². The lowest BCUT2D eigenvalue weighted by molar-refractivity contribution is -0.182. The summed E-state index contributed by atoms with van der Waals surface area (Å²) < 4.78 is 38.0. The van der Waals surface area contributed by atoms with Gasteiger partial charge in [0, 0.05) is 11.7 Å². The minimum absolute atomic E-state index is 0.167. The van der Waals surface area contributed by atoms with Gasteiger partial charge in [-0.15, -0.1) is 0 Å². The Bertz CT molecular complexity index is 446. The average Bonchev–Trinajstić information content (AvgIpc) is 2.40. The molecule has 0 amide bonds. The van der Waals surface area contributed by atoms with Gasteiger partial charge >= 0.3 is 6.18 Å². The predicted octanol–water partition coefficient (Wildman–Crippen LogP) is 5.09. The summed E-state index contributed by atoms with van der Waals surface area (Å²) in [6, 6.07) is 6.32. The van der Waals surface area contributed by atoms with E-state index in [0.717, 1.165) is 12.1 Å². The first-order valence-corrected chi connectivity index (χ1v) is 7.33. The molecule has 112 valence electrons. The summed E-state index contributed by atoms with van der Waals surface area (Å²) >= 11 is 0. The Morgan fingerprint density at radius 1 is 1.15 bits per heavy atom. The van der Waals surface area contributed by atoms with Gasteiger partial charge < -0.3 is 5.32 Å². The quantitative estimate of drug-likeness (QED) is 0.815. The van der Waals surface area contributed by atoms with Gasteiger partial charge in [-0.2, -0.15) is 13.2 Å². The van der Waals surface area contributed by atoms with Gasteiger partial charge in [0.2, 0.25) is 0 Å². The van der Waals surface area contributed by atoms with Crippen molar-refractivity contribution < 1.29 is 13.2 Å². The molecule has 0 aliphatic heterocycles. The third-order valence-electron chi connectivity index (χ3n) is 4.28. The smallest absolute Gasteiger partial charge is 0.382 e. The van der Waals surface area contributed by atoms with Gasteiger partial charge in [-0.05, 0) is 50.2 Å². The van der Waals surface area contributed by atoms with E-state index in [1.807, 2.05) is 19.1 Å². The van der Waals surface area contributed by atoms with Gasteiger partial charge in [0.15, 0.2) is 0 Å². The molecule has 0 bridgehead atoms. The molecule has 2 rings (SSSR count).